The molecule has 0 radical (unpaired) electrons. The van der Waals surface area contributed by atoms with Crippen molar-refractivity contribution in [1.29, 1.82) is 0 Å². The van der Waals surface area contributed by atoms with Crippen molar-refractivity contribution >= 4 is 0 Å². The van der Waals surface area contributed by atoms with Crippen molar-refractivity contribution < 1.29 is 0 Å². The second-order valence-electron chi connectivity index (χ2n) is 5.79. The molecular weight excluding hydrogens is 236 g/mol. The summed E-state index contributed by atoms with van der Waals surface area (Å²) in [5, 5.41) is 4.74. The smallest absolute Gasteiger partial charge is 0.111 e. The van der Waals surface area contributed by atoms with Crippen LogP contribution in [0.4, 0.5) is 0 Å². The number of rotatable bonds is 4. The van der Waals surface area contributed by atoms with Gasteiger partial charge in [0.1, 0.15) is 5.82 Å². The van der Waals surface area contributed by atoms with E-state index in [0.717, 1.165) is 18.1 Å². The Hall–Kier alpha value is -1.58. The number of aromatic nitrogens is 4. The fourth-order valence-electron chi connectivity index (χ4n) is 2.96. The van der Waals surface area contributed by atoms with E-state index in [1.54, 1.807) is 0 Å². The largest absolute Gasteiger partial charge is 0.329 e. The molecule has 2 heterocycles. The molecule has 1 aliphatic rings. The van der Waals surface area contributed by atoms with Gasteiger partial charge in [0.2, 0.25) is 0 Å². The summed E-state index contributed by atoms with van der Waals surface area (Å²) >= 11 is 0. The van der Waals surface area contributed by atoms with Crippen LogP contribution < -0.4 is 0 Å². The van der Waals surface area contributed by atoms with E-state index < -0.39 is 0 Å². The first-order valence-electron chi connectivity index (χ1n) is 7.29. The van der Waals surface area contributed by atoms with Gasteiger partial charge in [0.25, 0.3) is 0 Å². The predicted octanol–water partition coefficient (Wildman–Crippen LogP) is 3.37. The average Bonchev–Trinajstić information content (AvgIpc) is 3.09. The van der Waals surface area contributed by atoms with Gasteiger partial charge in [-0.25, -0.2) is 4.98 Å². The molecule has 4 nitrogen and oxygen atoms in total. The molecule has 102 valence electrons. The van der Waals surface area contributed by atoms with Crippen LogP contribution in [-0.4, -0.2) is 19.3 Å². The van der Waals surface area contributed by atoms with Gasteiger partial charge in [0.15, 0.2) is 0 Å². The number of hydrogen-bond donors (Lipinski definition) is 0. The Kier molecular flexibility index (Phi) is 3.40. The van der Waals surface area contributed by atoms with Crippen LogP contribution in [0.1, 0.15) is 63.0 Å². The molecule has 2 aromatic rings. The Balaban J connectivity index is 1.74. The summed E-state index contributed by atoms with van der Waals surface area (Å²) < 4.78 is 4.36. The van der Waals surface area contributed by atoms with Gasteiger partial charge in [-0.05, 0) is 18.9 Å². The van der Waals surface area contributed by atoms with Gasteiger partial charge in [-0.3, -0.25) is 4.68 Å². The standard InChI is InChI=1S/C15H22N4/c1-12(2)15-16-8-10-18(15)11-13-7-9-19(17-13)14-5-3-4-6-14/h7-10,12,14H,3-6,11H2,1-2H3. The van der Waals surface area contributed by atoms with E-state index in [4.69, 9.17) is 5.10 Å². The van der Waals surface area contributed by atoms with E-state index >= 15 is 0 Å². The molecule has 2 aromatic heterocycles. The molecular formula is C15H22N4. The maximum atomic E-state index is 4.74. The highest BCUT2D eigenvalue weighted by atomic mass is 15.3. The molecule has 0 unspecified atom stereocenters. The minimum absolute atomic E-state index is 0.451. The zero-order valence-electron chi connectivity index (χ0n) is 11.8. The van der Waals surface area contributed by atoms with E-state index in [9.17, 15) is 0 Å². The molecule has 1 fully saturated rings. The topological polar surface area (TPSA) is 35.6 Å². The molecule has 1 saturated carbocycles. The van der Waals surface area contributed by atoms with Gasteiger partial charge in [0, 0.05) is 24.5 Å². The lowest BCUT2D eigenvalue weighted by Gasteiger charge is -2.10. The molecule has 0 aromatic carbocycles. The highest BCUT2D eigenvalue weighted by Gasteiger charge is 2.17. The van der Waals surface area contributed by atoms with Crippen molar-refractivity contribution in [2.75, 3.05) is 0 Å². The Morgan fingerprint density at radius 2 is 2.05 bits per heavy atom. The fraction of sp³-hybridized carbons (Fsp3) is 0.600. The number of imidazole rings is 1. The lowest BCUT2D eigenvalue weighted by Crippen LogP contribution is -2.09. The van der Waals surface area contributed by atoms with Crippen molar-refractivity contribution in [3.63, 3.8) is 0 Å². The van der Waals surface area contributed by atoms with E-state index in [0.29, 0.717) is 12.0 Å². The Morgan fingerprint density at radius 3 is 2.79 bits per heavy atom. The van der Waals surface area contributed by atoms with Gasteiger partial charge >= 0.3 is 0 Å². The summed E-state index contributed by atoms with van der Waals surface area (Å²) in [5.41, 5.74) is 1.13. The Morgan fingerprint density at radius 1 is 1.26 bits per heavy atom. The highest BCUT2D eigenvalue weighted by molar-refractivity contribution is 5.06. The quantitative estimate of drug-likeness (QED) is 0.843. The van der Waals surface area contributed by atoms with Gasteiger partial charge in [-0.15, -0.1) is 0 Å². The van der Waals surface area contributed by atoms with Crippen molar-refractivity contribution in [1.82, 2.24) is 19.3 Å². The summed E-state index contributed by atoms with van der Waals surface area (Å²) in [6, 6.07) is 2.77. The van der Waals surface area contributed by atoms with Crippen LogP contribution in [0.3, 0.4) is 0 Å². The summed E-state index contributed by atoms with van der Waals surface area (Å²) in [6.45, 7) is 5.18. The van der Waals surface area contributed by atoms with Crippen LogP contribution in [-0.2, 0) is 6.54 Å². The normalized spacial score (nSPS) is 16.6. The summed E-state index contributed by atoms with van der Waals surface area (Å²) in [6.07, 6.45) is 11.3. The molecule has 1 aliphatic carbocycles. The van der Waals surface area contributed by atoms with E-state index in [2.05, 4.69) is 40.3 Å². The molecule has 4 heteroatoms. The third-order valence-electron chi connectivity index (χ3n) is 3.96. The van der Waals surface area contributed by atoms with Crippen LogP contribution in [0.25, 0.3) is 0 Å². The molecule has 0 spiro atoms. The van der Waals surface area contributed by atoms with E-state index in [1.807, 2.05) is 12.4 Å². The summed E-state index contributed by atoms with van der Waals surface area (Å²) in [4.78, 5) is 4.42. The van der Waals surface area contributed by atoms with Crippen molar-refractivity contribution in [3.05, 3.63) is 36.2 Å². The lowest BCUT2D eigenvalue weighted by molar-refractivity contribution is 0.461. The first-order valence-corrected chi connectivity index (χ1v) is 7.29. The van der Waals surface area contributed by atoms with Crippen LogP contribution >= 0.6 is 0 Å². The predicted molar refractivity (Wildman–Crippen MR) is 75.2 cm³/mol. The maximum Gasteiger partial charge on any atom is 0.111 e. The molecule has 0 amide bonds. The Labute approximate surface area is 114 Å². The van der Waals surface area contributed by atoms with E-state index in [1.165, 1.54) is 25.7 Å². The molecule has 0 atom stereocenters. The van der Waals surface area contributed by atoms with Crippen molar-refractivity contribution in [2.45, 2.75) is 58.0 Å². The van der Waals surface area contributed by atoms with Crippen LogP contribution in [0, 0.1) is 0 Å². The maximum absolute atomic E-state index is 4.74. The lowest BCUT2D eigenvalue weighted by atomic mass is 10.2. The summed E-state index contributed by atoms with van der Waals surface area (Å²) in [5.74, 6) is 1.59. The zero-order chi connectivity index (χ0) is 13.2. The Bertz CT molecular complexity index is 532. The molecule has 19 heavy (non-hydrogen) atoms. The second kappa shape index (κ2) is 5.19. The van der Waals surface area contributed by atoms with Gasteiger partial charge in [-0.2, -0.15) is 5.10 Å². The molecule has 3 rings (SSSR count). The first kappa shape index (κ1) is 12.5. The molecule has 0 N–H and O–H groups in total. The summed E-state index contributed by atoms with van der Waals surface area (Å²) in [7, 11) is 0. The SMILES string of the molecule is CC(C)c1nccn1Cc1ccn(C2CCCC2)n1. The second-order valence-corrected chi connectivity index (χ2v) is 5.79. The highest BCUT2D eigenvalue weighted by Crippen LogP contribution is 2.28. The van der Waals surface area contributed by atoms with Crippen LogP contribution in [0.15, 0.2) is 24.7 Å². The zero-order valence-corrected chi connectivity index (χ0v) is 11.8. The monoisotopic (exact) mass is 258 g/mol. The number of nitrogens with zero attached hydrogens (tertiary/aromatic N) is 4. The van der Waals surface area contributed by atoms with Gasteiger partial charge in [-0.1, -0.05) is 26.7 Å². The van der Waals surface area contributed by atoms with Crippen molar-refractivity contribution in [2.24, 2.45) is 0 Å². The van der Waals surface area contributed by atoms with E-state index in [-0.39, 0.29) is 0 Å². The van der Waals surface area contributed by atoms with Crippen molar-refractivity contribution in [3.8, 4) is 0 Å². The molecule has 0 aliphatic heterocycles. The third-order valence-corrected chi connectivity index (χ3v) is 3.96. The van der Waals surface area contributed by atoms with Crippen LogP contribution in [0.2, 0.25) is 0 Å². The van der Waals surface area contributed by atoms with Crippen LogP contribution in [0.5, 0.6) is 0 Å². The third kappa shape index (κ3) is 2.57. The average molecular weight is 258 g/mol. The van der Waals surface area contributed by atoms with Gasteiger partial charge < -0.3 is 4.57 Å². The minimum atomic E-state index is 0.451. The minimum Gasteiger partial charge on any atom is -0.329 e. The first-order chi connectivity index (χ1) is 9.24. The van der Waals surface area contributed by atoms with Gasteiger partial charge in [0.05, 0.1) is 18.3 Å². The number of hydrogen-bond acceptors (Lipinski definition) is 2. The molecule has 0 bridgehead atoms. The fourth-order valence-corrected chi connectivity index (χ4v) is 2.96. The molecule has 0 saturated heterocycles.